The number of anilines is 1. The zero-order valence-electron chi connectivity index (χ0n) is 13.9. The summed E-state index contributed by atoms with van der Waals surface area (Å²) in [5, 5.41) is 17.7. The number of carbonyl (C=O) groups is 1. The number of aromatic amines is 1. The third-order valence-electron chi connectivity index (χ3n) is 3.88. The Hall–Kier alpha value is -2.64. The molecule has 0 saturated carbocycles. The van der Waals surface area contributed by atoms with Crippen LogP contribution in [0.1, 0.15) is 44.8 Å². The first-order chi connectivity index (χ1) is 11.6. The fourth-order valence-electron chi connectivity index (χ4n) is 2.82. The Labute approximate surface area is 140 Å². The van der Waals surface area contributed by atoms with Crippen LogP contribution in [0.2, 0.25) is 0 Å². The van der Waals surface area contributed by atoms with Gasteiger partial charge in [-0.05, 0) is 45.2 Å². The fraction of sp³-hybridized carbons (Fsp3) is 0.500. The predicted molar refractivity (Wildman–Crippen MR) is 88.7 cm³/mol. The van der Waals surface area contributed by atoms with E-state index in [4.69, 9.17) is 4.74 Å². The van der Waals surface area contributed by atoms with Gasteiger partial charge in [-0.15, -0.1) is 10.2 Å². The number of likely N-dealkylation sites (tertiary alicyclic amines) is 1. The van der Waals surface area contributed by atoms with Crippen molar-refractivity contribution in [2.45, 2.75) is 45.3 Å². The molecule has 0 radical (unpaired) electrons. The van der Waals surface area contributed by atoms with Crippen LogP contribution in [-0.4, -0.2) is 44.0 Å². The van der Waals surface area contributed by atoms with Gasteiger partial charge in [-0.3, -0.25) is 10.4 Å². The van der Waals surface area contributed by atoms with E-state index in [2.05, 4.69) is 25.7 Å². The number of carbonyl (C=O) groups excluding carboxylic acids is 1. The SMILES string of the molecule is CC(C)Oc1ccc(NC(=O)N2CCCC[C@@H]2c2ccn[nH]2)nn1. The van der Waals surface area contributed by atoms with E-state index in [1.807, 2.05) is 24.8 Å². The van der Waals surface area contributed by atoms with E-state index in [-0.39, 0.29) is 18.2 Å². The molecule has 1 aliphatic rings. The number of hydrogen-bond acceptors (Lipinski definition) is 5. The van der Waals surface area contributed by atoms with Crippen LogP contribution in [0.4, 0.5) is 10.6 Å². The van der Waals surface area contributed by atoms with Crippen molar-refractivity contribution in [2.75, 3.05) is 11.9 Å². The van der Waals surface area contributed by atoms with Gasteiger partial charge in [-0.1, -0.05) is 0 Å². The fourth-order valence-corrected chi connectivity index (χ4v) is 2.82. The molecule has 2 aromatic rings. The highest BCUT2D eigenvalue weighted by molar-refractivity contribution is 5.88. The molecule has 1 atom stereocenters. The number of aromatic nitrogens is 4. The number of urea groups is 1. The number of piperidine rings is 1. The summed E-state index contributed by atoms with van der Waals surface area (Å²) in [6.45, 7) is 4.55. The monoisotopic (exact) mass is 330 g/mol. The minimum absolute atomic E-state index is 0.0118. The average Bonchev–Trinajstić information content (AvgIpc) is 3.10. The third-order valence-corrected chi connectivity index (χ3v) is 3.88. The highest BCUT2D eigenvalue weighted by Crippen LogP contribution is 2.30. The summed E-state index contributed by atoms with van der Waals surface area (Å²) in [7, 11) is 0. The molecule has 24 heavy (non-hydrogen) atoms. The van der Waals surface area contributed by atoms with E-state index in [1.54, 1.807) is 18.3 Å². The topological polar surface area (TPSA) is 96.0 Å². The van der Waals surface area contributed by atoms with Gasteiger partial charge >= 0.3 is 6.03 Å². The summed E-state index contributed by atoms with van der Waals surface area (Å²) in [4.78, 5) is 14.4. The lowest BCUT2D eigenvalue weighted by Crippen LogP contribution is -2.41. The number of nitrogens with one attached hydrogen (secondary N) is 2. The standard InChI is InChI=1S/C16H22N6O2/c1-11(2)24-15-7-6-14(20-21-15)18-16(23)22-10-4-3-5-13(22)12-8-9-17-19-12/h6-9,11,13H,3-5,10H2,1-2H3,(H,17,19)(H,18,20,23)/t13-/m1/s1. The maximum atomic E-state index is 12.6. The van der Waals surface area contributed by atoms with Crippen LogP contribution in [0.15, 0.2) is 24.4 Å². The van der Waals surface area contributed by atoms with E-state index in [1.165, 1.54) is 0 Å². The van der Waals surface area contributed by atoms with Crippen LogP contribution >= 0.6 is 0 Å². The molecule has 1 fully saturated rings. The summed E-state index contributed by atoms with van der Waals surface area (Å²) < 4.78 is 5.45. The lowest BCUT2D eigenvalue weighted by molar-refractivity contribution is 0.161. The van der Waals surface area contributed by atoms with Gasteiger partial charge in [0.2, 0.25) is 5.88 Å². The molecule has 8 heteroatoms. The van der Waals surface area contributed by atoms with Crippen LogP contribution < -0.4 is 10.1 Å². The number of ether oxygens (including phenoxy) is 1. The minimum Gasteiger partial charge on any atom is -0.474 e. The van der Waals surface area contributed by atoms with Crippen LogP contribution in [0.5, 0.6) is 5.88 Å². The van der Waals surface area contributed by atoms with Gasteiger partial charge in [0.25, 0.3) is 0 Å². The van der Waals surface area contributed by atoms with Gasteiger partial charge in [-0.2, -0.15) is 5.10 Å². The second-order valence-electron chi connectivity index (χ2n) is 6.07. The molecule has 0 bridgehead atoms. The van der Waals surface area contributed by atoms with Gasteiger partial charge in [0, 0.05) is 18.8 Å². The van der Waals surface area contributed by atoms with E-state index < -0.39 is 0 Å². The van der Waals surface area contributed by atoms with Gasteiger partial charge in [0.05, 0.1) is 17.8 Å². The van der Waals surface area contributed by atoms with E-state index in [0.29, 0.717) is 18.2 Å². The quantitative estimate of drug-likeness (QED) is 0.898. The number of amides is 2. The van der Waals surface area contributed by atoms with Gasteiger partial charge in [0.1, 0.15) is 0 Å². The van der Waals surface area contributed by atoms with Crippen LogP contribution in [0, 0.1) is 0 Å². The second-order valence-corrected chi connectivity index (χ2v) is 6.07. The van der Waals surface area contributed by atoms with Crippen LogP contribution in [0.25, 0.3) is 0 Å². The molecular weight excluding hydrogens is 308 g/mol. The highest BCUT2D eigenvalue weighted by atomic mass is 16.5. The Balaban J connectivity index is 1.66. The zero-order valence-corrected chi connectivity index (χ0v) is 13.9. The maximum absolute atomic E-state index is 12.6. The molecule has 2 amide bonds. The number of nitrogens with zero attached hydrogens (tertiary/aromatic N) is 4. The molecule has 2 aromatic heterocycles. The molecule has 0 spiro atoms. The van der Waals surface area contributed by atoms with E-state index in [9.17, 15) is 4.79 Å². The second kappa shape index (κ2) is 7.29. The van der Waals surface area contributed by atoms with Crippen LogP contribution in [-0.2, 0) is 0 Å². The van der Waals surface area contributed by atoms with Crippen molar-refractivity contribution in [3.05, 3.63) is 30.1 Å². The first-order valence-electron chi connectivity index (χ1n) is 8.21. The minimum atomic E-state index is -0.180. The van der Waals surface area contributed by atoms with Crippen molar-refractivity contribution in [1.82, 2.24) is 25.3 Å². The number of rotatable bonds is 4. The molecular formula is C16H22N6O2. The molecule has 8 nitrogen and oxygen atoms in total. The summed E-state index contributed by atoms with van der Waals surface area (Å²) in [6, 6.07) is 5.13. The number of H-pyrrole nitrogens is 1. The Kier molecular flexibility index (Phi) is 4.93. The van der Waals surface area contributed by atoms with Gasteiger partial charge in [0.15, 0.2) is 5.82 Å². The van der Waals surface area contributed by atoms with Gasteiger partial charge < -0.3 is 9.64 Å². The summed E-state index contributed by atoms with van der Waals surface area (Å²) in [5.74, 6) is 0.848. The van der Waals surface area contributed by atoms with Crippen molar-refractivity contribution in [3.8, 4) is 5.88 Å². The Morgan fingerprint density at radius 3 is 2.88 bits per heavy atom. The van der Waals surface area contributed by atoms with Gasteiger partial charge in [-0.25, -0.2) is 4.79 Å². The Morgan fingerprint density at radius 2 is 2.21 bits per heavy atom. The van der Waals surface area contributed by atoms with E-state index in [0.717, 1.165) is 25.0 Å². The average molecular weight is 330 g/mol. The number of hydrogen-bond donors (Lipinski definition) is 2. The summed E-state index contributed by atoms with van der Waals surface area (Å²) in [6.07, 6.45) is 4.74. The predicted octanol–water partition coefficient (Wildman–Crippen LogP) is 2.75. The van der Waals surface area contributed by atoms with Crippen molar-refractivity contribution >= 4 is 11.8 Å². The normalized spacial score (nSPS) is 17.8. The zero-order chi connectivity index (χ0) is 16.9. The molecule has 0 aromatic carbocycles. The maximum Gasteiger partial charge on any atom is 0.323 e. The molecule has 3 heterocycles. The summed E-state index contributed by atoms with van der Waals surface area (Å²) >= 11 is 0. The lowest BCUT2D eigenvalue weighted by Gasteiger charge is -2.34. The van der Waals surface area contributed by atoms with Crippen molar-refractivity contribution < 1.29 is 9.53 Å². The Bertz CT molecular complexity index is 656. The first kappa shape index (κ1) is 16.2. The molecule has 1 saturated heterocycles. The first-order valence-corrected chi connectivity index (χ1v) is 8.21. The van der Waals surface area contributed by atoms with Crippen molar-refractivity contribution in [2.24, 2.45) is 0 Å². The summed E-state index contributed by atoms with van der Waals surface area (Å²) in [5.41, 5.74) is 0.955. The lowest BCUT2D eigenvalue weighted by atomic mass is 10.00. The molecule has 1 aliphatic heterocycles. The highest BCUT2D eigenvalue weighted by Gasteiger charge is 2.29. The molecule has 0 unspecified atom stereocenters. The Morgan fingerprint density at radius 1 is 1.33 bits per heavy atom. The molecule has 0 aliphatic carbocycles. The largest absolute Gasteiger partial charge is 0.474 e. The molecule has 2 N–H and O–H groups in total. The smallest absolute Gasteiger partial charge is 0.323 e. The third kappa shape index (κ3) is 3.81. The molecule has 3 rings (SSSR count). The van der Waals surface area contributed by atoms with Crippen molar-refractivity contribution in [1.29, 1.82) is 0 Å². The van der Waals surface area contributed by atoms with E-state index >= 15 is 0 Å². The van der Waals surface area contributed by atoms with Crippen molar-refractivity contribution in [3.63, 3.8) is 0 Å². The molecule has 128 valence electrons. The van der Waals surface area contributed by atoms with Crippen LogP contribution in [0.3, 0.4) is 0 Å².